The van der Waals surface area contributed by atoms with Crippen molar-refractivity contribution in [2.75, 3.05) is 13.2 Å². The van der Waals surface area contributed by atoms with Gasteiger partial charge in [0.15, 0.2) is 5.65 Å². The molecule has 5 heteroatoms. The lowest BCUT2D eigenvalue weighted by Crippen LogP contribution is -2.33. The van der Waals surface area contributed by atoms with E-state index in [1.54, 1.807) is 0 Å². The summed E-state index contributed by atoms with van der Waals surface area (Å²) in [4.78, 5) is 9.42. The predicted molar refractivity (Wildman–Crippen MR) is 81.0 cm³/mol. The van der Waals surface area contributed by atoms with Gasteiger partial charge in [-0.1, -0.05) is 0 Å². The molecule has 0 amide bonds. The summed E-state index contributed by atoms with van der Waals surface area (Å²) >= 11 is 0. The molecule has 0 aromatic carbocycles. The van der Waals surface area contributed by atoms with Gasteiger partial charge in [-0.2, -0.15) is 0 Å². The molecule has 2 saturated heterocycles. The molecule has 2 fully saturated rings. The molecule has 2 atom stereocenters. The fraction of sp³-hybridized carbons (Fsp3) is 0.625. The van der Waals surface area contributed by atoms with Gasteiger partial charge in [0.05, 0.1) is 6.17 Å². The highest BCUT2D eigenvalue weighted by Gasteiger charge is 2.27. The summed E-state index contributed by atoms with van der Waals surface area (Å²) in [5.41, 5.74) is 1.97. The van der Waals surface area contributed by atoms with E-state index in [0.29, 0.717) is 6.17 Å². The van der Waals surface area contributed by atoms with E-state index < -0.39 is 0 Å². The summed E-state index contributed by atoms with van der Waals surface area (Å²) in [7, 11) is 0. The number of hydrogen-bond donors (Lipinski definition) is 1. The first-order chi connectivity index (χ1) is 10.4. The standard InChI is InChI=1S/C16H22N4O/c1-3-9-17-14(8-1)20-15-12(6-5-10-18-15)19-16(20)13-7-2-4-11-21-13/h5-6,10,13-14,17H,1-4,7-9,11H2. The molecule has 2 unspecified atom stereocenters. The Labute approximate surface area is 124 Å². The lowest BCUT2D eigenvalue weighted by Gasteiger charge is -2.29. The molecule has 0 spiro atoms. The summed E-state index contributed by atoms with van der Waals surface area (Å²) in [5, 5.41) is 3.62. The van der Waals surface area contributed by atoms with Gasteiger partial charge >= 0.3 is 0 Å². The molecule has 5 nitrogen and oxygen atoms in total. The average molecular weight is 286 g/mol. The molecule has 0 aliphatic carbocycles. The molecular formula is C16H22N4O. The number of pyridine rings is 1. The van der Waals surface area contributed by atoms with E-state index >= 15 is 0 Å². The highest BCUT2D eigenvalue weighted by atomic mass is 16.5. The van der Waals surface area contributed by atoms with Crippen LogP contribution in [0, 0.1) is 0 Å². The van der Waals surface area contributed by atoms with Gasteiger partial charge < -0.3 is 4.74 Å². The normalized spacial score (nSPS) is 27.0. The molecule has 0 radical (unpaired) electrons. The van der Waals surface area contributed by atoms with Gasteiger partial charge in [0.1, 0.15) is 17.4 Å². The molecule has 0 bridgehead atoms. The molecule has 21 heavy (non-hydrogen) atoms. The van der Waals surface area contributed by atoms with Gasteiger partial charge in [0, 0.05) is 12.8 Å². The Morgan fingerprint density at radius 2 is 2.14 bits per heavy atom. The Morgan fingerprint density at radius 1 is 1.19 bits per heavy atom. The van der Waals surface area contributed by atoms with Crippen LogP contribution in [0.5, 0.6) is 0 Å². The van der Waals surface area contributed by atoms with Crippen LogP contribution in [0.15, 0.2) is 18.3 Å². The van der Waals surface area contributed by atoms with E-state index in [1.165, 1.54) is 19.3 Å². The zero-order chi connectivity index (χ0) is 14.1. The highest BCUT2D eigenvalue weighted by molar-refractivity contribution is 5.71. The van der Waals surface area contributed by atoms with Crippen LogP contribution >= 0.6 is 0 Å². The number of nitrogens with zero attached hydrogens (tertiary/aromatic N) is 3. The maximum absolute atomic E-state index is 5.99. The lowest BCUT2D eigenvalue weighted by atomic mass is 10.1. The van der Waals surface area contributed by atoms with Crippen molar-refractivity contribution in [3.8, 4) is 0 Å². The Bertz CT molecular complexity index is 612. The highest BCUT2D eigenvalue weighted by Crippen LogP contribution is 2.32. The molecule has 2 aliphatic rings. The smallest absolute Gasteiger partial charge is 0.161 e. The van der Waals surface area contributed by atoms with Crippen LogP contribution in [0.25, 0.3) is 11.2 Å². The molecular weight excluding hydrogens is 264 g/mol. The van der Waals surface area contributed by atoms with Gasteiger partial charge in [-0.25, -0.2) is 9.97 Å². The van der Waals surface area contributed by atoms with E-state index in [9.17, 15) is 0 Å². The van der Waals surface area contributed by atoms with Crippen molar-refractivity contribution in [2.45, 2.75) is 50.8 Å². The monoisotopic (exact) mass is 286 g/mol. The summed E-state index contributed by atoms with van der Waals surface area (Å²) in [6, 6.07) is 4.01. The third-order valence-corrected chi connectivity index (χ3v) is 4.54. The minimum atomic E-state index is 0.122. The Kier molecular flexibility index (Phi) is 3.61. The quantitative estimate of drug-likeness (QED) is 0.922. The maximum atomic E-state index is 5.99. The van der Waals surface area contributed by atoms with E-state index in [1.807, 2.05) is 18.3 Å². The van der Waals surface area contributed by atoms with Crippen LogP contribution in [0.3, 0.4) is 0 Å². The largest absolute Gasteiger partial charge is 0.370 e. The first-order valence-corrected chi connectivity index (χ1v) is 8.11. The minimum absolute atomic E-state index is 0.122. The Morgan fingerprint density at radius 3 is 2.95 bits per heavy atom. The van der Waals surface area contributed by atoms with Crippen molar-refractivity contribution in [3.05, 3.63) is 24.2 Å². The van der Waals surface area contributed by atoms with Gasteiger partial charge in [0.2, 0.25) is 0 Å². The third-order valence-electron chi connectivity index (χ3n) is 4.54. The first-order valence-electron chi connectivity index (χ1n) is 8.11. The summed E-state index contributed by atoms with van der Waals surface area (Å²) in [6.45, 7) is 1.92. The van der Waals surface area contributed by atoms with Crippen LogP contribution in [-0.4, -0.2) is 27.7 Å². The van der Waals surface area contributed by atoms with Crippen LogP contribution < -0.4 is 5.32 Å². The average Bonchev–Trinajstić information content (AvgIpc) is 2.96. The van der Waals surface area contributed by atoms with Crippen LogP contribution in [-0.2, 0) is 4.74 Å². The van der Waals surface area contributed by atoms with Crippen molar-refractivity contribution in [3.63, 3.8) is 0 Å². The van der Waals surface area contributed by atoms with E-state index in [-0.39, 0.29) is 6.10 Å². The van der Waals surface area contributed by atoms with Gasteiger partial charge in [-0.15, -0.1) is 0 Å². The van der Waals surface area contributed by atoms with Crippen LogP contribution in [0.2, 0.25) is 0 Å². The summed E-state index contributed by atoms with van der Waals surface area (Å²) in [5.74, 6) is 1.06. The molecule has 2 aromatic heterocycles. The SMILES string of the molecule is c1cnc2c(c1)nc(C1CCCCO1)n2C1CCCCN1. The Balaban J connectivity index is 1.79. The number of imidazole rings is 1. The number of ether oxygens (including phenoxy) is 1. The van der Waals surface area contributed by atoms with Crippen LogP contribution in [0.1, 0.15) is 56.6 Å². The van der Waals surface area contributed by atoms with Gasteiger partial charge in [-0.05, 0) is 57.2 Å². The number of aromatic nitrogens is 3. The van der Waals surface area contributed by atoms with Crippen molar-refractivity contribution in [1.82, 2.24) is 19.9 Å². The topological polar surface area (TPSA) is 52.0 Å². The number of rotatable bonds is 2. The summed E-state index contributed by atoms with van der Waals surface area (Å²) in [6.07, 6.45) is 9.39. The molecule has 1 N–H and O–H groups in total. The van der Waals surface area contributed by atoms with E-state index in [4.69, 9.17) is 9.72 Å². The summed E-state index contributed by atoms with van der Waals surface area (Å²) < 4.78 is 8.28. The third kappa shape index (κ3) is 2.45. The number of piperidine rings is 1. The minimum Gasteiger partial charge on any atom is -0.370 e. The fourth-order valence-electron chi connectivity index (χ4n) is 3.48. The fourth-order valence-corrected chi connectivity index (χ4v) is 3.48. The van der Waals surface area contributed by atoms with Gasteiger partial charge in [-0.3, -0.25) is 9.88 Å². The molecule has 2 aromatic rings. The second-order valence-electron chi connectivity index (χ2n) is 6.01. The first kappa shape index (κ1) is 13.2. The second-order valence-corrected chi connectivity index (χ2v) is 6.01. The number of nitrogens with one attached hydrogen (secondary N) is 1. The molecule has 4 heterocycles. The molecule has 4 rings (SSSR count). The second kappa shape index (κ2) is 5.73. The van der Waals surface area contributed by atoms with Crippen molar-refractivity contribution in [1.29, 1.82) is 0 Å². The molecule has 0 saturated carbocycles. The zero-order valence-corrected chi connectivity index (χ0v) is 12.3. The van der Waals surface area contributed by atoms with Crippen molar-refractivity contribution >= 4 is 11.2 Å². The lowest BCUT2D eigenvalue weighted by molar-refractivity contribution is 0.00601. The molecule has 2 aliphatic heterocycles. The van der Waals surface area contributed by atoms with Gasteiger partial charge in [0.25, 0.3) is 0 Å². The predicted octanol–water partition coefficient (Wildman–Crippen LogP) is 2.95. The van der Waals surface area contributed by atoms with Crippen molar-refractivity contribution < 1.29 is 4.74 Å². The maximum Gasteiger partial charge on any atom is 0.161 e. The number of hydrogen-bond acceptors (Lipinski definition) is 4. The zero-order valence-electron chi connectivity index (χ0n) is 12.3. The Hall–Kier alpha value is -1.46. The van der Waals surface area contributed by atoms with Crippen LogP contribution in [0.4, 0.5) is 0 Å². The number of fused-ring (bicyclic) bond motifs is 1. The van der Waals surface area contributed by atoms with E-state index in [2.05, 4.69) is 14.9 Å². The van der Waals surface area contributed by atoms with Crippen molar-refractivity contribution in [2.24, 2.45) is 0 Å². The van der Waals surface area contributed by atoms with E-state index in [0.717, 1.165) is 49.4 Å². The molecule has 112 valence electrons.